The van der Waals surface area contributed by atoms with Crippen LogP contribution in [0.1, 0.15) is 6.92 Å². The summed E-state index contributed by atoms with van der Waals surface area (Å²) in [7, 11) is 1.55. The maximum Gasteiger partial charge on any atom is 0.265 e. The van der Waals surface area contributed by atoms with Crippen molar-refractivity contribution in [2.45, 2.75) is 11.8 Å². The van der Waals surface area contributed by atoms with Gasteiger partial charge in [0.05, 0.1) is 6.61 Å². The number of benzene rings is 2. The number of rotatable bonds is 3. The minimum absolute atomic E-state index is 0.0763. The van der Waals surface area contributed by atoms with Crippen molar-refractivity contribution in [1.29, 1.82) is 0 Å². The number of fused-ring (bicyclic) bond motifs is 3. The normalized spacial score (nSPS) is 12.1. The molecule has 0 saturated heterocycles. The fraction of sp³-hybridized carbons (Fsp3) is 0.143. The number of hydrogen-bond donors (Lipinski definition) is 0. The summed E-state index contributed by atoms with van der Waals surface area (Å²) in [5.74, 6) is 0.238. The van der Waals surface area contributed by atoms with E-state index < -0.39 is 9.05 Å². The van der Waals surface area contributed by atoms with E-state index in [9.17, 15) is 8.42 Å². The van der Waals surface area contributed by atoms with Gasteiger partial charge >= 0.3 is 0 Å². The van der Waals surface area contributed by atoms with Gasteiger partial charge in [-0.3, -0.25) is 0 Å². The zero-order valence-corrected chi connectivity index (χ0v) is 12.2. The lowest BCUT2D eigenvalue weighted by Gasteiger charge is -2.07. The van der Waals surface area contributed by atoms with Crippen molar-refractivity contribution in [3.63, 3.8) is 0 Å². The van der Waals surface area contributed by atoms with Crippen molar-refractivity contribution in [2.24, 2.45) is 0 Å². The Hall–Kier alpha value is -1.72. The fourth-order valence-electron chi connectivity index (χ4n) is 2.19. The van der Waals surface area contributed by atoms with Gasteiger partial charge in [0.1, 0.15) is 21.8 Å². The summed E-state index contributed by atoms with van der Waals surface area (Å²) in [6.45, 7) is 2.13. The van der Waals surface area contributed by atoms with Gasteiger partial charge < -0.3 is 9.15 Å². The first-order valence-corrected chi connectivity index (χ1v) is 8.34. The van der Waals surface area contributed by atoms with Crippen molar-refractivity contribution >= 4 is 41.7 Å². The molecule has 0 aliphatic carbocycles. The van der Waals surface area contributed by atoms with E-state index in [1.54, 1.807) is 13.0 Å². The summed E-state index contributed by atoms with van der Waals surface area (Å²) in [6.07, 6.45) is 0. The van der Waals surface area contributed by atoms with Crippen molar-refractivity contribution < 1.29 is 17.6 Å². The predicted molar refractivity (Wildman–Crippen MR) is 77.9 cm³/mol. The number of hydrogen-bond acceptors (Lipinski definition) is 4. The van der Waals surface area contributed by atoms with Gasteiger partial charge in [-0.15, -0.1) is 0 Å². The average Bonchev–Trinajstić information content (AvgIpc) is 2.75. The second kappa shape index (κ2) is 4.68. The molecule has 0 aliphatic rings. The van der Waals surface area contributed by atoms with Gasteiger partial charge in [-0.2, -0.15) is 0 Å². The van der Waals surface area contributed by atoms with E-state index in [-0.39, 0.29) is 10.6 Å². The van der Waals surface area contributed by atoms with Crippen LogP contribution < -0.4 is 4.74 Å². The fourth-order valence-corrected chi connectivity index (χ4v) is 3.16. The van der Waals surface area contributed by atoms with E-state index in [0.29, 0.717) is 17.8 Å². The lowest BCUT2D eigenvalue weighted by Crippen LogP contribution is -1.99. The largest absolute Gasteiger partial charge is 0.492 e. The molecule has 0 bridgehead atoms. The molecule has 20 heavy (non-hydrogen) atoms. The van der Waals surface area contributed by atoms with Crippen LogP contribution in [0.4, 0.5) is 0 Å². The molecule has 0 atom stereocenters. The van der Waals surface area contributed by atoms with E-state index in [2.05, 4.69) is 0 Å². The smallest absolute Gasteiger partial charge is 0.265 e. The van der Waals surface area contributed by atoms with Crippen molar-refractivity contribution in [3.8, 4) is 5.75 Å². The Kier molecular flexibility index (Phi) is 3.11. The van der Waals surface area contributed by atoms with Crippen LogP contribution >= 0.6 is 10.7 Å². The van der Waals surface area contributed by atoms with Gasteiger partial charge in [-0.25, -0.2) is 8.42 Å². The standard InChI is InChI=1S/C14H11ClO4S/c1-2-18-13-7-10-9-5-3-4-6-11(9)19-12(10)8-14(13)20(15,16)17/h3-8H,2H2,1H3. The highest BCUT2D eigenvalue weighted by Gasteiger charge is 2.20. The summed E-state index contributed by atoms with van der Waals surface area (Å²) in [6, 6.07) is 10.5. The molecule has 3 rings (SSSR count). The van der Waals surface area contributed by atoms with Crippen LogP contribution in [0.3, 0.4) is 0 Å². The molecule has 1 heterocycles. The highest BCUT2D eigenvalue weighted by molar-refractivity contribution is 8.13. The number of furan rings is 1. The van der Waals surface area contributed by atoms with Gasteiger partial charge in [0.25, 0.3) is 9.05 Å². The highest BCUT2D eigenvalue weighted by atomic mass is 35.7. The molecule has 0 amide bonds. The molecule has 3 aromatic rings. The second-order valence-electron chi connectivity index (χ2n) is 4.26. The van der Waals surface area contributed by atoms with E-state index in [0.717, 1.165) is 10.8 Å². The van der Waals surface area contributed by atoms with Crippen molar-refractivity contribution in [1.82, 2.24) is 0 Å². The monoisotopic (exact) mass is 310 g/mol. The average molecular weight is 311 g/mol. The lowest BCUT2D eigenvalue weighted by atomic mass is 10.1. The molecule has 0 radical (unpaired) electrons. The third-order valence-corrected chi connectivity index (χ3v) is 4.35. The molecule has 6 heteroatoms. The van der Waals surface area contributed by atoms with Crippen LogP contribution in [0, 0.1) is 0 Å². The Labute approximate surface area is 120 Å². The summed E-state index contributed by atoms with van der Waals surface area (Å²) in [5, 5.41) is 1.70. The maximum atomic E-state index is 11.6. The Morgan fingerprint density at radius 2 is 1.90 bits per heavy atom. The molecule has 0 spiro atoms. The molecular formula is C14H11ClO4S. The SMILES string of the molecule is CCOc1cc2c(cc1S(=O)(=O)Cl)oc1ccccc12. The van der Waals surface area contributed by atoms with Crippen molar-refractivity contribution in [3.05, 3.63) is 36.4 Å². The van der Waals surface area contributed by atoms with E-state index >= 15 is 0 Å². The predicted octanol–water partition coefficient (Wildman–Crippen LogP) is 3.91. The maximum absolute atomic E-state index is 11.6. The van der Waals surface area contributed by atoms with Crippen LogP contribution in [0.15, 0.2) is 45.7 Å². The van der Waals surface area contributed by atoms with Crippen LogP contribution in [0.5, 0.6) is 5.75 Å². The molecule has 2 aromatic carbocycles. The molecule has 1 aromatic heterocycles. The lowest BCUT2D eigenvalue weighted by molar-refractivity contribution is 0.332. The number of para-hydroxylation sites is 1. The second-order valence-corrected chi connectivity index (χ2v) is 6.80. The first-order chi connectivity index (χ1) is 9.50. The van der Waals surface area contributed by atoms with E-state index in [4.69, 9.17) is 19.8 Å². The first kappa shape index (κ1) is 13.3. The Balaban J connectivity index is 2.41. The molecule has 0 aliphatic heterocycles. The number of ether oxygens (including phenoxy) is 1. The molecule has 0 unspecified atom stereocenters. The first-order valence-electron chi connectivity index (χ1n) is 6.03. The van der Waals surface area contributed by atoms with Gasteiger partial charge in [0, 0.05) is 27.5 Å². The topological polar surface area (TPSA) is 56.5 Å². The summed E-state index contributed by atoms with van der Waals surface area (Å²) >= 11 is 0. The van der Waals surface area contributed by atoms with Crippen LogP contribution in [0.25, 0.3) is 21.9 Å². The Bertz CT molecular complexity index is 896. The third-order valence-electron chi connectivity index (χ3n) is 3.01. The van der Waals surface area contributed by atoms with Crippen LogP contribution in [-0.2, 0) is 9.05 Å². The Morgan fingerprint density at radius 3 is 2.60 bits per heavy atom. The minimum Gasteiger partial charge on any atom is -0.492 e. The molecule has 104 valence electrons. The summed E-state index contributed by atoms with van der Waals surface area (Å²) in [5.41, 5.74) is 1.16. The van der Waals surface area contributed by atoms with E-state index in [1.165, 1.54) is 6.07 Å². The zero-order chi connectivity index (χ0) is 14.3. The third kappa shape index (κ3) is 2.13. The van der Waals surface area contributed by atoms with E-state index in [1.807, 2.05) is 24.3 Å². The van der Waals surface area contributed by atoms with Gasteiger partial charge in [0.2, 0.25) is 0 Å². The minimum atomic E-state index is -3.90. The van der Waals surface area contributed by atoms with Crippen LogP contribution in [0.2, 0.25) is 0 Å². The van der Waals surface area contributed by atoms with Crippen LogP contribution in [-0.4, -0.2) is 15.0 Å². The molecular weight excluding hydrogens is 300 g/mol. The van der Waals surface area contributed by atoms with Gasteiger partial charge in [-0.1, -0.05) is 18.2 Å². The summed E-state index contributed by atoms with van der Waals surface area (Å²) in [4.78, 5) is -0.0763. The van der Waals surface area contributed by atoms with Crippen molar-refractivity contribution in [2.75, 3.05) is 6.61 Å². The Morgan fingerprint density at radius 1 is 1.15 bits per heavy atom. The molecule has 0 saturated carbocycles. The molecule has 0 fully saturated rings. The quantitative estimate of drug-likeness (QED) is 0.688. The molecule has 4 nitrogen and oxygen atoms in total. The molecule has 0 N–H and O–H groups in total. The summed E-state index contributed by atoms with van der Waals surface area (Å²) < 4.78 is 34.3. The zero-order valence-electron chi connectivity index (χ0n) is 10.6. The van der Waals surface area contributed by atoms with Gasteiger partial charge in [0.15, 0.2) is 0 Å². The highest BCUT2D eigenvalue weighted by Crippen LogP contribution is 2.36. The number of halogens is 1. The van der Waals surface area contributed by atoms with Gasteiger partial charge in [-0.05, 0) is 19.1 Å².